The van der Waals surface area contributed by atoms with E-state index in [0.29, 0.717) is 18.3 Å². The Morgan fingerprint density at radius 3 is 3.09 bits per heavy atom. The minimum atomic E-state index is -0.628. The molecule has 1 aromatic heterocycles. The number of aliphatic hydroxyl groups is 1. The molecule has 1 heterocycles. The van der Waals surface area contributed by atoms with Gasteiger partial charge in [-0.2, -0.15) is 11.8 Å². The van der Waals surface area contributed by atoms with E-state index in [0.717, 1.165) is 35.1 Å². The van der Waals surface area contributed by atoms with Crippen LogP contribution in [0.5, 0.6) is 0 Å². The highest BCUT2D eigenvalue weighted by molar-refractivity contribution is 8.00. The Balaban J connectivity index is 1.67. The van der Waals surface area contributed by atoms with Crippen molar-refractivity contribution in [3.63, 3.8) is 0 Å². The number of aromatic nitrogens is 1. The molecule has 1 aliphatic carbocycles. The smallest absolute Gasteiger partial charge is 0.124 e. The number of pyridine rings is 1. The van der Waals surface area contributed by atoms with Gasteiger partial charge in [-0.15, -0.1) is 0 Å². The van der Waals surface area contributed by atoms with E-state index in [9.17, 15) is 9.50 Å². The van der Waals surface area contributed by atoms with Gasteiger partial charge in [0.2, 0.25) is 0 Å². The van der Waals surface area contributed by atoms with Crippen LogP contribution in [0.25, 0.3) is 10.9 Å². The van der Waals surface area contributed by atoms with Crippen LogP contribution in [-0.2, 0) is 6.54 Å². The maximum atomic E-state index is 13.7. The third-order valence-corrected chi connectivity index (χ3v) is 5.71. The SMILES string of the molecule is CCSC1CCC1(O)CNCc1cc(F)cc2cccnc12. The van der Waals surface area contributed by atoms with Crippen molar-refractivity contribution in [1.82, 2.24) is 10.3 Å². The third kappa shape index (κ3) is 3.12. The average Bonchev–Trinajstić information content (AvgIpc) is 2.51. The minimum Gasteiger partial charge on any atom is -0.387 e. The molecular weight excluding hydrogens is 299 g/mol. The fourth-order valence-electron chi connectivity index (χ4n) is 3.01. The van der Waals surface area contributed by atoms with Crippen LogP contribution in [-0.4, -0.2) is 33.2 Å². The van der Waals surface area contributed by atoms with Gasteiger partial charge >= 0.3 is 0 Å². The van der Waals surface area contributed by atoms with Crippen LogP contribution in [0.4, 0.5) is 4.39 Å². The molecule has 1 saturated carbocycles. The van der Waals surface area contributed by atoms with Crippen LogP contribution in [0, 0.1) is 5.82 Å². The molecule has 0 bridgehead atoms. The van der Waals surface area contributed by atoms with Crippen molar-refractivity contribution < 1.29 is 9.50 Å². The highest BCUT2D eigenvalue weighted by Gasteiger charge is 2.44. The molecule has 1 aromatic carbocycles. The van der Waals surface area contributed by atoms with E-state index in [1.165, 1.54) is 12.1 Å². The average molecular weight is 320 g/mol. The van der Waals surface area contributed by atoms with E-state index in [-0.39, 0.29) is 5.82 Å². The van der Waals surface area contributed by atoms with Crippen LogP contribution in [0.1, 0.15) is 25.3 Å². The number of thioether (sulfide) groups is 1. The number of nitrogens with zero attached hydrogens (tertiary/aromatic N) is 1. The van der Waals surface area contributed by atoms with Crippen molar-refractivity contribution in [3.8, 4) is 0 Å². The minimum absolute atomic E-state index is 0.251. The van der Waals surface area contributed by atoms with Gasteiger partial charge in [-0.05, 0) is 42.4 Å². The molecule has 2 aromatic rings. The van der Waals surface area contributed by atoms with Crippen molar-refractivity contribution in [3.05, 3.63) is 41.8 Å². The first-order chi connectivity index (χ1) is 10.6. The molecule has 5 heteroatoms. The highest BCUT2D eigenvalue weighted by Crippen LogP contribution is 2.40. The number of rotatable bonds is 6. The number of benzene rings is 1. The lowest BCUT2D eigenvalue weighted by Gasteiger charge is -2.45. The van der Waals surface area contributed by atoms with Crippen molar-refractivity contribution in [2.75, 3.05) is 12.3 Å². The first kappa shape index (κ1) is 15.7. The maximum absolute atomic E-state index is 13.7. The molecule has 1 fully saturated rings. The number of halogens is 1. The normalized spacial score (nSPS) is 24.4. The first-order valence-electron chi connectivity index (χ1n) is 7.70. The van der Waals surface area contributed by atoms with Gasteiger partial charge in [-0.3, -0.25) is 4.98 Å². The van der Waals surface area contributed by atoms with Crippen LogP contribution in [0.15, 0.2) is 30.5 Å². The van der Waals surface area contributed by atoms with Crippen molar-refractivity contribution in [2.45, 2.75) is 37.2 Å². The van der Waals surface area contributed by atoms with Gasteiger partial charge in [0, 0.05) is 29.9 Å². The van der Waals surface area contributed by atoms with Crippen molar-refractivity contribution in [2.24, 2.45) is 0 Å². The predicted molar refractivity (Wildman–Crippen MR) is 89.5 cm³/mol. The van der Waals surface area contributed by atoms with Gasteiger partial charge in [-0.25, -0.2) is 4.39 Å². The molecule has 2 unspecified atom stereocenters. The second-order valence-corrected chi connectivity index (χ2v) is 7.31. The lowest BCUT2D eigenvalue weighted by atomic mass is 9.79. The molecule has 0 spiro atoms. The summed E-state index contributed by atoms with van der Waals surface area (Å²) in [4.78, 5) is 4.34. The van der Waals surface area contributed by atoms with Crippen molar-refractivity contribution >= 4 is 22.7 Å². The zero-order valence-corrected chi connectivity index (χ0v) is 13.5. The quantitative estimate of drug-likeness (QED) is 0.858. The van der Waals surface area contributed by atoms with Gasteiger partial charge in [-0.1, -0.05) is 13.0 Å². The fourth-order valence-corrected chi connectivity index (χ4v) is 4.21. The van der Waals surface area contributed by atoms with E-state index in [2.05, 4.69) is 17.2 Å². The summed E-state index contributed by atoms with van der Waals surface area (Å²) in [5, 5.41) is 15.0. The standard InChI is InChI=1S/C17H21FN2OS/c1-2-22-15-5-6-17(15,21)11-19-10-13-9-14(18)8-12-4-3-7-20-16(12)13/h3-4,7-9,15,19,21H,2,5-6,10-11H2,1H3. The molecule has 118 valence electrons. The predicted octanol–water partition coefficient (Wildman–Crippen LogP) is 3.11. The molecule has 0 aliphatic heterocycles. The van der Waals surface area contributed by atoms with Gasteiger partial charge in [0.05, 0.1) is 11.1 Å². The molecule has 0 radical (unpaired) electrons. The van der Waals surface area contributed by atoms with Crippen LogP contribution in [0.2, 0.25) is 0 Å². The highest BCUT2D eigenvalue weighted by atomic mass is 32.2. The van der Waals surface area contributed by atoms with Crippen molar-refractivity contribution in [1.29, 1.82) is 0 Å². The van der Waals surface area contributed by atoms with Gasteiger partial charge in [0.25, 0.3) is 0 Å². The summed E-state index contributed by atoms with van der Waals surface area (Å²) in [5.74, 6) is 0.768. The second kappa shape index (κ2) is 6.52. The van der Waals surface area contributed by atoms with E-state index in [1.54, 1.807) is 6.20 Å². The van der Waals surface area contributed by atoms with E-state index in [4.69, 9.17) is 0 Å². The molecule has 1 aliphatic rings. The molecular formula is C17H21FN2OS. The molecule has 2 atom stereocenters. The molecule has 0 amide bonds. The Morgan fingerprint density at radius 1 is 1.50 bits per heavy atom. The number of hydrogen-bond donors (Lipinski definition) is 2. The number of fused-ring (bicyclic) bond motifs is 1. The summed E-state index contributed by atoms with van der Waals surface area (Å²) in [6.07, 6.45) is 3.62. The van der Waals surface area contributed by atoms with Gasteiger partial charge < -0.3 is 10.4 Å². The fraction of sp³-hybridized carbons (Fsp3) is 0.471. The first-order valence-corrected chi connectivity index (χ1v) is 8.75. The van der Waals surface area contributed by atoms with Crippen LogP contribution >= 0.6 is 11.8 Å². The monoisotopic (exact) mass is 320 g/mol. The van der Waals surface area contributed by atoms with E-state index in [1.807, 2.05) is 23.9 Å². The summed E-state index contributed by atoms with van der Waals surface area (Å²) < 4.78 is 13.7. The summed E-state index contributed by atoms with van der Waals surface area (Å²) in [7, 11) is 0. The molecule has 3 nitrogen and oxygen atoms in total. The zero-order valence-electron chi connectivity index (χ0n) is 12.7. The van der Waals surface area contributed by atoms with E-state index >= 15 is 0 Å². The zero-order chi connectivity index (χ0) is 15.6. The molecule has 3 rings (SSSR count). The Hall–Kier alpha value is -1.17. The Bertz CT molecular complexity index is 666. The maximum Gasteiger partial charge on any atom is 0.124 e. The summed E-state index contributed by atoms with van der Waals surface area (Å²) in [5.41, 5.74) is 1.02. The Kier molecular flexibility index (Phi) is 4.66. The third-order valence-electron chi connectivity index (χ3n) is 4.30. The van der Waals surface area contributed by atoms with Crippen LogP contribution in [0.3, 0.4) is 0 Å². The lowest BCUT2D eigenvalue weighted by Crippen LogP contribution is -2.56. The number of hydrogen-bond acceptors (Lipinski definition) is 4. The Labute approximate surface area is 134 Å². The molecule has 22 heavy (non-hydrogen) atoms. The lowest BCUT2D eigenvalue weighted by molar-refractivity contribution is -0.0234. The summed E-state index contributed by atoms with van der Waals surface area (Å²) in [6.45, 7) is 3.16. The van der Waals surface area contributed by atoms with E-state index < -0.39 is 5.60 Å². The molecule has 2 N–H and O–H groups in total. The van der Waals surface area contributed by atoms with Gasteiger partial charge in [0.1, 0.15) is 5.82 Å². The second-order valence-electron chi connectivity index (χ2n) is 5.83. The Morgan fingerprint density at radius 2 is 2.36 bits per heavy atom. The topological polar surface area (TPSA) is 45.1 Å². The largest absolute Gasteiger partial charge is 0.387 e. The summed E-state index contributed by atoms with van der Waals surface area (Å²) >= 11 is 1.81. The number of nitrogens with one attached hydrogen (secondary N) is 1. The van der Waals surface area contributed by atoms with Crippen LogP contribution < -0.4 is 5.32 Å². The molecule has 0 saturated heterocycles. The summed E-state index contributed by atoms with van der Waals surface area (Å²) in [6, 6.07) is 6.69. The van der Waals surface area contributed by atoms with Gasteiger partial charge in [0.15, 0.2) is 0 Å².